The minimum atomic E-state index is 0.0221. The first kappa shape index (κ1) is 25.7. The van der Waals surface area contributed by atoms with E-state index in [1.807, 2.05) is 30.3 Å². The maximum absolute atomic E-state index is 6.47. The molecule has 41 heavy (non-hydrogen) atoms. The minimum Gasteiger partial charge on any atom is -0.450 e. The fourth-order valence-electron chi connectivity index (χ4n) is 5.37. The second kappa shape index (κ2) is 9.15. The summed E-state index contributed by atoms with van der Waals surface area (Å²) in [7, 11) is 0. The second-order valence-electron chi connectivity index (χ2n) is 12.8. The predicted octanol–water partition coefficient (Wildman–Crippen LogP) is 10.7. The lowest BCUT2D eigenvalue weighted by Crippen LogP contribution is -2.10. The van der Waals surface area contributed by atoms with Crippen LogP contribution in [0.1, 0.15) is 52.7 Å². The third kappa shape index (κ3) is 4.45. The molecule has 0 bridgehead atoms. The van der Waals surface area contributed by atoms with E-state index < -0.39 is 0 Å². The van der Waals surface area contributed by atoms with Crippen LogP contribution in [-0.4, -0.2) is 9.97 Å². The largest absolute Gasteiger partial charge is 0.450 e. The molecule has 0 fully saturated rings. The molecule has 0 saturated heterocycles. The summed E-state index contributed by atoms with van der Waals surface area (Å²) >= 11 is 1.76. The number of aromatic nitrogens is 2. The van der Waals surface area contributed by atoms with Crippen molar-refractivity contribution < 1.29 is 9.15 Å². The lowest BCUT2D eigenvalue weighted by atomic mass is 9.86. The molecule has 5 heteroatoms. The summed E-state index contributed by atoms with van der Waals surface area (Å²) in [4.78, 5) is 9.98. The third-order valence-electron chi connectivity index (χ3n) is 7.71. The number of rotatable bonds is 4. The Morgan fingerprint density at radius 2 is 1.41 bits per heavy atom. The molecule has 0 unspecified atom stereocenters. The van der Waals surface area contributed by atoms with Gasteiger partial charge in [-0.25, -0.2) is 9.97 Å². The molecule has 0 spiro atoms. The lowest BCUT2D eigenvalue weighted by Gasteiger charge is -2.20. The van der Waals surface area contributed by atoms with Crippen LogP contribution in [0.15, 0.2) is 89.3 Å². The lowest BCUT2D eigenvalue weighted by molar-refractivity contribution is 0.442. The summed E-state index contributed by atoms with van der Waals surface area (Å²) in [6, 6.07) is 29.3. The van der Waals surface area contributed by atoms with Gasteiger partial charge in [0.15, 0.2) is 5.58 Å². The van der Waals surface area contributed by atoms with Crippen LogP contribution in [0.4, 0.5) is 0 Å². The standard InChI is InChI=1S/C36H32N2O2S/c1-35(2,3)23-18-16-21(17-19-23)25-12-8-15-28(37-25)40-34-32-30-29-26(39-32)13-9-14-27(29)41-33(30)31(38-34)22-10-7-11-24(20-22)36(4,5)6/h7-20H,1-6H3. The summed E-state index contributed by atoms with van der Waals surface area (Å²) in [5, 5.41) is 2.19. The van der Waals surface area contributed by atoms with Gasteiger partial charge in [0.2, 0.25) is 5.88 Å². The van der Waals surface area contributed by atoms with Crippen LogP contribution in [-0.2, 0) is 10.8 Å². The van der Waals surface area contributed by atoms with Crippen LogP contribution in [0.25, 0.3) is 53.9 Å². The van der Waals surface area contributed by atoms with Crippen LogP contribution in [0.2, 0.25) is 0 Å². The zero-order chi connectivity index (χ0) is 28.5. The smallest absolute Gasteiger partial charge is 0.265 e. The Labute approximate surface area is 244 Å². The molecule has 0 saturated carbocycles. The van der Waals surface area contributed by atoms with Gasteiger partial charge in [-0.2, -0.15) is 0 Å². The fourth-order valence-corrected chi connectivity index (χ4v) is 6.60. The molecule has 0 aliphatic carbocycles. The quantitative estimate of drug-likeness (QED) is 0.216. The molecule has 0 N–H and O–H groups in total. The number of pyridine rings is 2. The number of nitrogens with zero attached hydrogens (tertiary/aromatic N) is 2. The molecule has 4 nitrogen and oxygen atoms in total. The number of benzene rings is 3. The topological polar surface area (TPSA) is 48.2 Å². The van der Waals surface area contributed by atoms with E-state index in [4.69, 9.17) is 19.1 Å². The Hall–Kier alpha value is -4.22. The summed E-state index contributed by atoms with van der Waals surface area (Å²) in [6.45, 7) is 13.4. The van der Waals surface area contributed by atoms with Crippen LogP contribution >= 0.6 is 11.3 Å². The van der Waals surface area contributed by atoms with Gasteiger partial charge < -0.3 is 9.15 Å². The van der Waals surface area contributed by atoms with Crippen molar-refractivity contribution in [3.05, 3.63) is 96.1 Å². The molecule has 0 amide bonds. The highest BCUT2D eigenvalue weighted by Gasteiger charge is 2.25. The van der Waals surface area contributed by atoms with E-state index in [1.165, 1.54) is 15.8 Å². The minimum absolute atomic E-state index is 0.0221. The molecule has 4 heterocycles. The third-order valence-corrected chi connectivity index (χ3v) is 8.87. The maximum Gasteiger partial charge on any atom is 0.265 e. The highest BCUT2D eigenvalue weighted by Crippen LogP contribution is 2.49. The van der Waals surface area contributed by atoms with Crippen molar-refractivity contribution in [1.82, 2.24) is 9.97 Å². The van der Waals surface area contributed by atoms with Crippen LogP contribution in [0, 0.1) is 0 Å². The van der Waals surface area contributed by atoms with E-state index in [0.29, 0.717) is 17.3 Å². The Morgan fingerprint density at radius 1 is 0.683 bits per heavy atom. The first-order chi connectivity index (χ1) is 19.6. The van der Waals surface area contributed by atoms with E-state index in [2.05, 4.69) is 96.1 Å². The zero-order valence-corrected chi connectivity index (χ0v) is 25.0. The molecular weight excluding hydrogens is 524 g/mol. The average molecular weight is 557 g/mol. The van der Waals surface area contributed by atoms with Gasteiger partial charge in [-0.15, -0.1) is 11.3 Å². The van der Waals surface area contributed by atoms with Gasteiger partial charge in [0.25, 0.3) is 5.88 Å². The van der Waals surface area contributed by atoms with Crippen molar-refractivity contribution >= 4 is 42.7 Å². The van der Waals surface area contributed by atoms with Gasteiger partial charge in [0.05, 0.1) is 21.5 Å². The molecule has 7 aromatic rings. The van der Waals surface area contributed by atoms with Crippen molar-refractivity contribution in [3.63, 3.8) is 0 Å². The molecule has 0 aliphatic heterocycles. The van der Waals surface area contributed by atoms with E-state index in [0.717, 1.165) is 43.6 Å². The van der Waals surface area contributed by atoms with Gasteiger partial charge in [0, 0.05) is 27.3 Å². The summed E-state index contributed by atoms with van der Waals surface area (Å²) < 4.78 is 15.1. The number of hydrogen-bond donors (Lipinski definition) is 0. The summed E-state index contributed by atoms with van der Waals surface area (Å²) in [5.41, 5.74) is 8.02. The molecular formula is C36H32N2O2S. The van der Waals surface area contributed by atoms with Crippen LogP contribution in [0.3, 0.4) is 0 Å². The predicted molar refractivity (Wildman–Crippen MR) is 171 cm³/mol. The van der Waals surface area contributed by atoms with E-state index in [9.17, 15) is 0 Å². The average Bonchev–Trinajstić information content (AvgIpc) is 3.54. The maximum atomic E-state index is 6.47. The number of thiophene rings is 1. The van der Waals surface area contributed by atoms with Crippen molar-refractivity contribution in [3.8, 4) is 34.3 Å². The van der Waals surface area contributed by atoms with Gasteiger partial charge in [-0.05, 0) is 46.2 Å². The Kier molecular flexibility index (Phi) is 5.74. The van der Waals surface area contributed by atoms with Crippen LogP contribution in [0.5, 0.6) is 11.8 Å². The SMILES string of the molecule is CC(C)(C)c1ccc(-c2cccc(Oc3nc(-c4cccc(C(C)(C)C)c4)c4sc5cccc6oc3c4c65)n2)cc1. The van der Waals surface area contributed by atoms with E-state index >= 15 is 0 Å². The van der Waals surface area contributed by atoms with Crippen molar-refractivity contribution in [2.24, 2.45) is 0 Å². The summed E-state index contributed by atoms with van der Waals surface area (Å²) in [6.07, 6.45) is 0. The Balaban J connectivity index is 1.36. The molecule has 7 rings (SSSR count). The van der Waals surface area contributed by atoms with Crippen molar-refractivity contribution in [1.29, 1.82) is 0 Å². The molecule has 0 radical (unpaired) electrons. The number of ether oxygens (including phenoxy) is 1. The zero-order valence-electron chi connectivity index (χ0n) is 24.2. The van der Waals surface area contributed by atoms with E-state index in [-0.39, 0.29) is 10.8 Å². The summed E-state index contributed by atoms with van der Waals surface area (Å²) in [5.74, 6) is 0.906. The highest BCUT2D eigenvalue weighted by atomic mass is 32.1. The number of furan rings is 1. The molecule has 204 valence electrons. The first-order valence-electron chi connectivity index (χ1n) is 14.0. The van der Waals surface area contributed by atoms with Crippen LogP contribution < -0.4 is 4.74 Å². The Bertz CT molecular complexity index is 2040. The van der Waals surface area contributed by atoms with Crippen molar-refractivity contribution in [2.75, 3.05) is 0 Å². The van der Waals surface area contributed by atoms with Gasteiger partial charge in [-0.1, -0.05) is 96.1 Å². The van der Waals surface area contributed by atoms with Gasteiger partial charge in [0.1, 0.15) is 5.58 Å². The molecule has 3 aromatic carbocycles. The molecule has 0 atom stereocenters. The Morgan fingerprint density at radius 3 is 2.17 bits per heavy atom. The van der Waals surface area contributed by atoms with Gasteiger partial charge >= 0.3 is 0 Å². The first-order valence-corrected chi connectivity index (χ1v) is 14.8. The molecule has 4 aromatic heterocycles. The fraction of sp³-hybridized carbons (Fsp3) is 0.222. The van der Waals surface area contributed by atoms with Crippen molar-refractivity contribution in [2.45, 2.75) is 52.4 Å². The van der Waals surface area contributed by atoms with E-state index in [1.54, 1.807) is 11.3 Å². The normalized spacial score (nSPS) is 12.6. The second-order valence-corrected chi connectivity index (χ2v) is 13.8. The monoisotopic (exact) mass is 556 g/mol. The number of hydrogen-bond acceptors (Lipinski definition) is 5. The highest BCUT2D eigenvalue weighted by molar-refractivity contribution is 7.26. The molecule has 0 aliphatic rings. The van der Waals surface area contributed by atoms with Gasteiger partial charge in [-0.3, -0.25) is 0 Å².